The summed E-state index contributed by atoms with van der Waals surface area (Å²) in [7, 11) is 0. The van der Waals surface area contributed by atoms with Gasteiger partial charge in [0.15, 0.2) is 5.82 Å². The van der Waals surface area contributed by atoms with Crippen molar-refractivity contribution in [2.24, 2.45) is 11.3 Å². The van der Waals surface area contributed by atoms with E-state index in [2.05, 4.69) is 35.2 Å². The molecular weight excluding hydrogens is 1150 g/mol. The van der Waals surface area contributed by atoms with Crippen LogP contribution in [0.2, 0.25) is 0 Å². The molecule has 11 rings (SSSR count). The Morgan fingerprint density at radius 3 is 2.22 bits per heavy atom. The lowest BCUT2D eigenvalue weighted by atomic mass is 9.85. The predicted octanol–water partition coefficient (Wildman–Crippen LogP) is 8.35. The molecule has 89 heavy (non-hydrogen) atoms. The quantitative estimate of drug-likeness (QED) is 0.0674. The highest BCUT2D eigenvalue weighted by Crippen LogP contribution is 2.41. The fraction of sp³-hybridized carbons (Fsp3) is 0.552. The number of piperazine rings is 2. The molecule has 3 aromatic heterocycles. The number of phenolic OH excluding ortho intramolecular Hbond substituents is 1. The summed E-state index contributed by atoms with van der Waals surface area (Å²) in [5.74, 6) is -0.627. The number of halogens is 1. The fourth-order valence-corrected chi connectivity index (χ4v) is 14.6. The van der Waals surface area contributed by atoms with Crippen molar-refractivity contribution in [3.63, 3.8) is 0 Å². The van der Waals surface area contributed by atoms with E-state index < -0.39 is 35.0 Å². The number of anilines is 1. The lowest BCUT2D eigenvalue weighted by Crippen LogP contribution is -2.59. The topological polar surface area (TPSA) is 222 Å². The van der Waals surface area contributed by atoms with Crippen LogP contribution in [0.4, 0.5) is 15.0 Å². The Morgan fingerprint density at radius 2 is 1.56 bits per heavy atom. The van der Waals surface area contributed by atoms with Crippen molar-refractivity contribution in [1.29, 1.82) is 0 Å². The zero-order valence-corrected chi connectivity index (χ0v) is 53.7. The second-order valence-electron chi connectivity index (χ2n) is 27.1. The first-order chi connectivity index (χ1) is 42.5. The number of carbonyl (C=O) groups excluding carboxylic acids is 4. The molecule has 4 N–H and O–H groups in total. The van der Waals surface area contributed by atoms with Gasteiger partial charge in [0, 0.05) is 77.1 Å². The largest absolute Gasteiger partial charge is 0.508 e. The Hall–Kier alpha value is -7.11. The third-order valence-corrected chi connectivity index (χ3v) is 19.4. The third-order valence-electron chi connectivity index (χ3n) is 18.5. The number of carbonyl (C=O) groups is 4. The predicted molar refractivity (Wildman–Crippen MR) is 342 cm³/mol. The van der Waals surface area contributed by atoms with E-state index in [1.165, 1.54) is 4.90 Å². The Bertz CT molecular complexity index is 3550. The van der Waals surface area contributed by atoms with Gasteiger partial charge in [0.05, 0.1) is 52.2 Å². The highest BCUT2D eigenvalue weighted by Gasteiger charge is 2.47. The maximum atomic E-state index is 17.4. The summed E-state index contributed by atoms with van der Waals surface area (Å²) in [6, 6.07) is 14.7. The van der Waals surface area contributed by atoms with Crippen LogP contribution in [-0.4, -0.2) is 199 Å². The van der Waals surface area contributed by atoms with Crippen LogP contribution in [0.3, 0.4) is 0 Å². The van der Waals surface area contributed by atoms with E-state index in [9.17, 15) is 29.4 Å². The summed E-state index contributed by atoms with van der Waals surface area (Å²) in [4.78, 5) is 87.8. The summed E-state index contributed by atoms with van der Waals surface area (Å²) in [5.41, 5.74) is 5.05. The van der Waals surface area contributed by atoms with Gasteiger partial charge in [-0.2, -0.15) is 9.97 Å². The number of aromatic nitrogens is 4. The van der Waals surface area contributed by atoms with Crippen LogP contribution in [0.25, 0.3) is 43.4 Å². The number of aliphatic hydroxyl groups is 1. The highest BCUT2D eigenvalue weighted by molar-refractivity contribution is 7.13. The number of fused-ring (bicyclic) bond motifs is 4. The van der Waals surface area contributed by atoms with E-state index in [1.54, 1.807) is 29.7 Å². The van der Waals surface area contributed by atoms with Gasteiger partial charge in [-0.25, -0.2) is 14.2 Å². The van der Waals surface area contributed by atoms with Crippen LogP contribution in [-0.2, 0) is 25.5 Å². The molecule has 8 heterocycles. The minimum atomic E-state index is -0.916. The number of aliphatic hydroxyl groups excluding tert-OH is 1. The molecular formula is C67H87FN12O8S. The zero-order valence-electron chi connectivity index (χ0n) is 52.9. The molecule has 5 saturated heterocycles. The second-order valence-corrected chi connectivity index (χ2v) is 28.0. The summed E-state index contributed by atoms with van der Waals surface area (Å²) >= 11 is 1.58. The molecule has 20 nitrogen and oxygen atoms in total. The minimum absolute atomic E-state index is 0.00119. The maximum absolute atomic E-state index is 17.4. The summed E-state index contributed by atoms with van der Waals surface area (Å²) in [6.07, 6.45) is 4.86. The Labute approximate surface area is 525 Å². The third kappa shape index (κ3) is 14.3. The fourth-order valence-electron chi connectivity index (χ4n) is 13.8. The molecule has 2 unspecified atom stereocenters. The number of nitrogens with one attached hydrogen (secondary N) is 2. The van der Waals surface area contributed by atoms with Gasteiger partial charge in [0.2, 0.25) is 17.7 Å². The van der Waals surface area contributed by atoms with Gasteiger partial charge in [-0.3, -0.25) is 34.1 Å². The number of aryl methyl sites for hydroxylation is 2. The number of hydrogen-bond donors (Lipinski definition) is 4. The standard InChI is InChI=1S/C67H87FN12O8S/c1-10-43-12-11-13-46-30-49(81)31-51(55(43)46)57-56(68)58-52(33-69-57)61(78-35-47-18-19-48(36-78)80(47)65(86)88-67(7,8)9)74-64(73-58)87-29-28-75-22-20-42(21-23-75)34-76-24-26-77(27-25-76)38-54(83)72-60(66(4,5)6)63(85)79-37-50(82)32-53(79)62(84)71-40(2)44-14-16-45(17-15-44)59-41(3)70-39-89-59/h11-17,30-31,33,39-40,42,47-48,50,53,60,81-82H,10,18-29,32,34-38H2,1-9H3,(H,71,84)(H,72,83)/t40-,47?,48?,50+,53-,60+/m0/s1. The normalized spacial score (nSPS) is 21.4. The van der Waals surface area contributed by atoms with Crippen molar-refractivity contribution in [2.45, 2.75) is 143 Å². The number of nitrogens with zero attached hydrogens (tertiary/aromatic N) is 10. The number of aromatic hydroxyl groups is 1. The van der Waals surface area contributed by atoms with Crippen molar-refractivity contribution in [2.75, 3.05) is 90.0 Å². The maximum Gasteiger partial charge on any atom is 0.410 e. The molecule has 5 fully saturated rings. The van der Waals surface area contributed by atoms with E-state index >= 15 is 4.39 Å². The average molecular weight is 1240 g/mol. The van der Waals surface area contributed by atoms with Gasteiger partial charge in [0.1, 0.15) is 47.1 Å². The van der Waals surface area contributed by atoms with Gasteiger partial charge >= 0.3 is 12.1 Å². The number of β-amino-alcohol motifs (C(OH)–C–C–N with tert-alkyl or cyclic N) is 1. The first kappa shape index (κ1) is 63.5. The average Bonchev–Trinajstić information content (AvgIpc) is 1.83. The van der Waals surface area contributed by atoms with Crippen molar-refractivity contribution < 1.29 is 43.3 Å². The number of benzene rings is 3. The van der Waals surface area contributed by atoms with Gasteiger partial charge < -0.3 is 45.0 Å². The van der Waals surface area contributed by atoms with E-state index in [0.29, 0.717) is 61.8 Å². The molecule has 22 heteroatoms. The van der Waals surface area contributed by atoms with E-state index in [0.717, 1.165) is 96.4 Å². The molecule has 4 amide bonds. The van der Waals surface area contributed by atoms with Crippen LogP contribution in [0.1, 0.15) is 110 Å². The van der Waals surface area contributed by atoms with Gasteiger partial charge in [-0.15, -0.1) is 11.3 Å². The van der Waals surface area contributed by atoms with E-state index in [-0.39, 0.29) is 91.0 Å². The number of hydrogen-bond acceptors (Lipinski definition) is 17. The van der Waals surface area contributed by atoms with Crippen LogP contribution in [0.5, 0.6) is 11.8 Å². The zero-order chi connectivity index (χ0) is 63.1. The van der Waals surface area contributed by atoms with Crippen molar-refractivity contribution in [3.05, 3.63) is 88.9 Å². The number of likely N-dealkylation sites (tertiary alicyclic amines) is 2. The molecule has 0 aliphatic carbocycles. The lowest BCUT2D eigenvalue weighted by Gasteiger charge is -2.42. The van der Waals surface area contributed by atoms with Crippen LogP contribution in [0, 0.1) is 24.1 Å². The molecule has 5 aliphatic heterocycles. The molecule has 6 atom stereocenters. The van der Waals surface area contributed by atoms with Crippen molar-refractivity contribution in [1.82, 2.24) is 55.1 Å². The molecule has 0 saturated carbocycles. The molecule has 5 aliphatic rings. The molecule has 476 valence electrons. The van der Waals surface area contributed by atoms with Gasteiger partial charge in [0.25, 0.3) is 0 Å². The summed E-state index contributed by atoms with van der Waals surface area (Å²) < 4.78 is 29.6. The minimum Gasteiger partial charge on any atom is -0.508 e. The molecule has 6 aromatic rings. The number of piperidine rings is 1. The van der Waals surface area contributed by atoms with E-state index in [4.69, 9.17) is 24.4 Å². The number of thiazole rings is 1. The molecule has 0 spiro atoms. The van der Waals surface area contributed by atoms with Crippen LogP contribution >= 0.6 is 11.3 Å². The first-order valence-electron chi connectivity index (χ1n) is 31.7. The van der Waals surface area contributed by atoms with Crippen LogP contribution in [0.15, 0.2) is 66.3 Å². The monoisotopic (exact) mass is 1240 g/mol. The summed E-state index contributed by atoms with van der Waals surface area (Å²) in [6.45, 7) is 25.0. The smallest absolute Gasteiger partial charge is 0.410 e. The van der Waals surface area contributed by atoms with Crippen LogP contribution < -0.4 is 20.3 Å². The lowest BCUT2D eigenvalue weighted by molar-refractivity contribution is -0.144. The second kappa shape index (κ2) is 26.4. The van der Waals surface area contributed by atoms with Crippen molar-refractivity contribution >= 4 is 62.6 Å². The molecule has 3 aromatic carbocycles. The number of phenols is 1. The Kier molecular flexibility index (Phi) is 18.8. The van der Waals surface area contributed by atoms with Gasteiger partial charge in [-0.1, -0.05) is 70.2 Å². The Balaban J connectivity index is 0.672. The highest BCUT2D eigenvalue weighted by atomic mass is 32.1. The number of ether oxygens (including phenoxy) is 2. The molecule has 0 radical (unpaired) electrons. The summed E-state index contributed by atoms with van der Waals surface area (Å²) in [5, 5.41) is 29.8. The first-order valence-corrected chi connectivity index (χ1v) is 32.6. The SMILES string of the molecule is CCc1cccc2cc(O)cc(-c3ncc4c(N5CC6CCC(C5)N6C(=O)OC(C)(C)C)nc(OCCN5CCC(CN6CCN(CC(=O)N[C@H](C(=O)N7C[C@H](O)C[C@H]7C(=O)N[C@@H](C)c7ccc(-c8scnc8C)cc7)C(C)(C)C)CC6)CC5)nc4c3F)c12. The van der Waals surface area contributed by atoms with E-state index in [1.807, 2.05) is 115 Å². The van der Waals surface area contributed by atoms with Gasteiger partial charge in [-0.05, 0) is 131 Å². The molecule has 2 bridgehead atoms. The number of pyridine rings is 1. The number of rotatable bonds is 17. The number of amides is 4. The van der Waals surface area contributed by atoms with Crippen molar-refractivity contribution in [3.8, 4) is 33.5 Å². The Morgan fingerprint density at radius 1 is 0.854 bits per heavy atom.